The van der Waals surface area contributed by atoms with Gasteiger partial charge >= 0.3 is 0 Å². The standard InChI is InChI=1S/C17H24BrN3O/c1-19-16(21-9-8-17(12-21)6-3-7-17)20-11-13-4-5-15(22-2)14(18)10-13/h4-5,10H,3,6-9,11-12H2,1-2H3,(H,19,20). The molecule has 1 saturated carbocycles. The predicted molar refractivity (Wildman–Crippen MR) is 93.4 cm³/mol. The summed E-state index contributed by atoms with van der Waals surface area (Å²) >= 11 is 3.54. The minimum atomic E-state index is 0.598. The smallest absolute Gasteiger partial charge is 0.193 e. The van der Waals surface area contributed by atoms with Crippen LogP contribution in [0.3, 0.4) is 0 Å². The van der Waals surface area contributed by atoms with Crippen LogP contribution in [0.4, 0.5) is 0 Å². The monoisotopic (exact) mass is 365 g/mol. The van der Waals surface area contributed by atoms with Gasteiger partial charge in [-0.1, -0.05) is 12.5 Å². The zero-order chi connectivity index (χ0) is 15.6. The van der Waals surface area contributed by atoms with Crippen LogP contribution < -0.4 is 10.1 Å². The molecule has 0 amide bonds. The van der Waals surface area contributed by atoms with Gasteiger partial charge in [0.05, 0.1) is 11.6 Å². The van der Waals surface area contributed by atoms with Gasteiger partial charge in [-0.05, 0) is 58.3 Å². The Morgan fingerprint density at radius 2 is 2.23 bits per heavy atom. The normalized spacial score (nSPS) is 20.1. The van der Waals surface area contributed by atoms with E-state index in [0.717, 1.165) is 29.3 Å². The molecular weight excluding hydrogens is 342 g/mol. The highest BCUT2D eigenvalue weighted by molar-refractivity contribution is 9.10. The first-order valence-electron chi connectivity index (χ1n) is 7.94. The zero-order valence-electron chi connectivity index (χ0n) is 13.4. The average Bonchev–Trinajstić information content (AvgIpc) is 2.94. The van der Waals surface area contributed by atoms with Crippen LogP contribution in [0.5, 0.6) is 5.75 Å². The van der Waals surface area contributed by atoms with Gasteiger partial charge in [-0.2, -0.15) is 0 Å². The quantitative estimate of drug-likeness (QED) is 0.658. The molecule has 4 nitrogen and oxygen atoms in total. The topological polar surface area (TPSA) is 36.9 Å². The Labute approximate surface area is 141 Å². The molecule has 1 saturated heterocycles. The molecular formula is C17H24BrN3O. The highest BCUT2D eigenvalue weighted by atomic mass is 79.9. The van der Waals surface area contributed by atoms with Crippen molar-refractivity contribution in [3.63, 3.8) is 0 Å². The molecule has 1 aliphatic heterocycles. The number of rotatable bonds is 3. The Balaban J connectivity index is 1.58. The lowest BCUT2D eigenvalue weighted by Gasteiger charge is -2.38. The van der Waals surface area contributed by atoms with E-state index in [1.807, 2.05) is 13.1 Å². The molecule has 1 aromatic carbocycles. The fraction of sp³-hybridized carbons (Fsp3) is 0.588. The minimum Gasteiger partial charge on any atom is -0.496 e. The maximum Gasteiger partial charge on any atom is 0.193 e. The number of methoxy groups -OCH3 is 1. The Hall–Kier alpha value is -1.23. The first-order chi connectivity index (χ1) is 10.7. The fourth-order valence-corrected chi connectivity index (χ4v) is 4.12. The van der Waals surface area contributed by atoms with Gasteiger partial charge in [0.2, 0.25) is 0 Å². The molecule has 0 unspecified atom stereocenters. The number of nitrogens with zero attached hydrogens (tertiary/aromatic N) is 2. The number of benzene rings is 1. The SMILES string of the molecule is CN=C(NCc1ccc(OC)c(Br)c1)N1CCC2(CCC2)C1. The first kappa shape index (κ1) is 15.7. The second-order valence-corrected chi connectivity index (χ2v) is 7.25. The van der Waals surface area contributed by atoms with E-state index in [4.69, 9.17) is 4.74 Å². The van der Waals surface area contributed by atoms with Crippen LogP contribution in [0.25, 0.3) is 0 Å². The van der Waals surface area contributed by atoms with E-state index in [2.05, 4.69) is 43.3 Å². The third-order valence-electron chi connectivity index (χ3n) is 5.03. The Kier molecular flexibility index (Phi) is 4.62. The van der Waals surface area contributed by atoms with Gasteiger partial charge in [0, 0.05) is 26.7 Å². The largest absolute Gasteiger partial charge is 0.496 e. The van der Waals surface area contributed by atoms with Gasteiger partial charge in [-0.3, -0.25) is 4.99 Å². The molecule has 120 valence electrons. The van der Waals surface area contributed by atoms with Crippen LogP contribution in [0.1, 0.15) is 31.2 Å². The van der Waals surface area contributed by atoms with Crippen LogP contribution >= 0.6 is 15.9 Å². The van der Waals surface area contributed by atoms with E-state index in [1.54, 1.807) is 7.11 Å². The van der Waals surface area contributed by atoms with Gasteiger partial charge in [0.1, 0.15) is 5.75 Å². The summed E-state index contributed by atoms with van der Waals surface area (Å²) in [7, 11) is 3.56. The van der Waals surface area contributed by atoms with E-state index in [-0.39, 0.29) is 0 Å². The highest BCUT2D eigenvalue weighted by Crippen LogP contribution is 2.47. The summed E-state index contributed by atoms with van der Waals surface area (Å²) in [6, 6.07) is 6.17. The molecule has 2 fully saturated rings. The van der Waals surface area contributed by atoms with E-state index >= 15 is 0 Å². The molecule has 3 rings (SSSR count). The lowest BCUT2D eigenvalue weighted by Crippen LogP contribution is -2.42. The number of halogens is 1. The van der Waals surface area contributed by atoms with E-state index < -0.39 is 0 Å². The van der Waals surface area contributed by atoms with Crippen molar-refractivity contribution in [2.75, 3.05) is 27.2 Å². The molecule has 1 aliphatic carbocycles. The molecule has 1 aromatic rings. The summed E-state index contributed by atoms with van der Waals surface area (Å²) in [6.07, 6.45) is 5.51. The van der Waals surface area contributed by atoms with Gasteiger partial charge < -0.3 is 15.0 Å². The Morgan fingerprint density at radius 1 is 1.41 bits per heavy atom. The molecule has 0 aromatic heterocycles. The van der Waals surface area contributed by atoms with Gasteiger partial charge in [-0.15, -0.1) is 0 Å². The summed E-state index contributed by atoms with van der Waals surface area (Å²) < 4.78 is 6.26. The van der Waals surface area contributed by atoms with Gasteiger partial charge in [0.15, 0.2) is 5.96 Å². The summed E-state index contributed by atoms with van der Waals surface area (Å²) in [6.45, 7) is 3.07. The fourth-order valence-electron chi connectivity index (χ4n) is 3.53. The number of hydrogen-bond acceptors (Lipinski definition) is 2. The summed E-state index contributed by atoms with van der Waals surface area (Å²) in [5.41, 5.74) is 1.81. The third kappa shape index (κ3) is 3.09. The van der Waals surface area contributed by atoms with Gasteiger partial charge in [0.25, 0.3) is 0 Å². The van der Waals surface area contributed by atoms with Crippen LogP contribution in [0, 0.1) is 5.41 Å². The zero-order valence-corrected chi connectivity index (χ0v) is 14.9. The number of aliphatic imine (C=N–C) groups is 1. The molecule has 22 heavy (non-hydrogen) atoms. The number of nitrogens with one attached hydrogen (secondary N) is 1. The number of hydrogen-bond donors (Lipinski definition) is 1. The Morgan fingerprint density at radius 3 is 2.77 bits per heavy atom. The molecule has 2 aliphatic rings. The van der Waals surface area contributed by atoms with Crippen molar-refractivity contribution < 1.29 is 4.74 Å². The van der Waals surface area contributed by atoms with E-state index in [0.29, 0.717) is 5.41 Å². The van der Waals surface area contributed by atoms with Crippen LogP contribution in [0.15, 0.2) is 27.7 Å². The molecule has 1 N–H and O–H groups in total. The first-order valence-corrected chi connectivity index (χ1v) is 8.73. The van der Waals surface area contributed by atoms with Crippen molar-refractivity contribution in [2.24, 2.45) is 10.4 Å². The maximum atomic E-state index is 5.27. The van der Waals surface area contributed by atoms with Crippen molar-refractivity contribution >= 4 is 21.9 Å². The average molecular weight is 366 g/mol. The number of likely N-dealkylation sites (tertiary alicyclic amines) is 1. The van der Waals surface area contributed by atoms with Crippen molar-refractivity contribution in [1.29, 1.82) is 0 Å². The van der Waals surface area contributed by atoms with Gasteiger partial charge in [-0.25, -0.2) is 0 Å². The summed E-state index contributed by atoms with van der Waals surface area (Å²) in [5, 5.41) is 3.49. The lowest BCUT2D eigenvalue weighted by atomic mass is 9.68. The molecule has 0 atom stereocenters. The number of ether oxygens (including phenoxy) is 1. The maximum absolute atomic E-state index is 5.27. The third-order valence-corrected chi connectivity index (χ3v) is 5.65. The van der Waals surface area contributed by atoms with Crippen molar-refractivity contribution in [3.8, 4) is 5.75 Å². The molecule has 0 radical (unpaired) electrons. The number of guanidine groups is 1. The second kappa shape index (κ2) is 6.49. The highest BCUT2D eigenvalue weighted by Gasteiger charge is 2.43. The molecule has 5 heteroatoms. The lowest BCUT2D eigenvalue weighted by molar-refractivity contribution is 0.151. The van der Waals surface area contributed by atoms with Crippen LogP contribution in [-0.4, -0.2) is 38.1 Å². The second-order valence-electron chi connectivity index (χ2n) is 6.39. The van der Waals surface area contributed by atoms with Crippen molar-refractivity contribution in [2.45, 2.75) is 32.2 Å². The Bertz CT molecular complexity index is 569. The minimum absolute atomic E-state index is 0.598. The van der Waals surface area contributed by atoms with Crippen molar-refractivity contribution in [1.82, 2.24) is 10.2 Å². The molecule has 1 spiro atoms. The van der Waals surface area contributed by atoms with Crippen LogP contribution in [0.2, 0.25) is 0 Å². The van der Waals surface area contributed by atoms with E-state index in [9.17, 15) is 0 Å². The summed E-state index contributed by atoms with van der Waals surface area (Å²) in [4.78, 5) is 6.87. The van der Waals surface area contributed by atoms with E-state index in [1.165, 1.54) is 37.8 Å². The summed E-state index contributed by atoms with van der Waals surface area (Å²) in [5.74, 6) is 1.88. The van der Waals surface area contributed by atoms with Crippen LogP contribution in [-0.2, 0) is 6.54 Å². The molecule has 1 heterocycles. The molecule has 0 bridgehead atoms. The van der Waals surface area contributed by atoms with Crippen molar-refractivity contribution in [3.05, 3.63) is 28.2 Å². The predicted octanol–water partition coefficient (Wildman–Crippen LogP) is 3.41.